The number of benzene rings is 1. The van der Waals surface area contributed by atoms with E-state index < -0.39 is 5.60 Å². The Hall–Kier alpha value is -0.580. The number of halogens is 1. The van der Waals surface area contributed by atoms with Gasteiger partial charge >= 0.3 is 0 Å². The van der Waals surface area contributed by atoms with E-state index in [0.717, 1.165) is 49.1 Å². The summed E-state index contributed by atoms with van der Waals surface area (Å²) < 4.78 is 7.38. The molecule has 0 atom stereocenters. The molecule has 0 aliphatic carbocycles. The van der Waals surface area contributed by atoms with Crippen molar-refractivity contribution >= 4 is 15.9 Å². The lowest BCUT2D eigenvalue weighted by molar-refractivity contribution is -0.0167. The quantitative estimate of drug-likeness (QED) is 0.898. The number of fused-ring (bicyclic) bond motifs is 1. The van der Waals surface area contributed by atoms with E-state index in [2.05, 4.69) is 33.0 Å². The monoisotopic (exact) mass is 339 g/mol. The van der Waals surface area contributed by atoms with Gasteiger partial charge in [0.2, 0.25) is 0 Å². The maximum Gasteiger partial charge on any atom is 0.123 e. The minimum atomic E-state index is -0.616. The molecule has 20 heavy (non-hydrogen) atoms. The van der Waals surface area contributed by atoms with Crippen LogP contribution in [0.25, 0.3) is 0 Å². The van der Waals surface area contributed by atoms with Crippen LogP contribution in [-0.2, 0) is 6.42 Å². The van der Waals surface area contributed by atoms with Crippen LogP contribution in [0, 0.1) is 0 Å². The number of hydrogen-bond donors (Lipinski definition) is 1. The first-order valence-electron chi connectivity index (χ1n) is 7.28. The standard InChI is InChI=1S/C16H22BrNO2/c1-15(2,19)11-18-7-5-16(6-8-18)10-12-9-13(17)3-4-14(12)20-16/h3-4,9,19H,5-8,10-11H2,1-2H3. The number of β-amino-alcohol motifs (C(OH)–C–C–N with tert-alkyl or cyclic N) is 1. The zero-order valence-electron chi connectivity index (χ0n) is 12.2. The van der Waals surface area contributed by atoms with Gasteiger partial charge in [0.15, 0.2) is 0 Å². The molecule has 1 N–H and O–H groups in total. The predicted octanol–water partition coefficient (Wildman–Crippen LogP) is 2.99. The summed E-state index contributed by atoms with van der Waals surface area (Å²) in [6.07, 6.45) is 3.09. The molecule has 2 aliphatic rings. The highest BCUT2D eigenvalue weighted by molar-refractivity contribution is 9.10. The fourth-order valence-corrected chi connectivity index (χ4v) is 3.76. The molecule has 0 radical (unpaired) electrons. The van der Waals surface area contributed by atoms with Crippen molar-refractivity contribution in [3.05, 3.63) is 28.2 Å². The van der Waals surface area contributed by atoms with Crippen LogP contribution in [0.15, 0.2) is 22.7 Å². The predicted molar refractivity (Wildman–Crippen MR) is 83.2 cm³/mol. The molecular formula is C16H22BrNO2. The molecular weight excluding hydrogens is 318 g/mol. The van der Waals surface area contributed by atoms with Crippen LogP contribution >= 0.6 is 15.9 Å². The molecule has 0 bridgehead atoms. The van der Waals surface area contributed by atoms with Crippen molar-refractivity contribution < 1.29 is 9.84 Å². The number of hydrogen-bond acceptors (Lipinski definition) is 3. The van der Waals surface area contributed by atoms with Gasteiger partial charge in [0, 0.05) is 43.4 Å². The molecule has 0 saturated carbocycles. The Morgan fingerprint density at radius 1 is 1.35 bits per heavy atom. The molecule has 1 saturated heterocycles. The first-order valence-corrected chi connectivity index (χ1v) is 8.07. The van der Waals surface area contributed by atoms with Crippen LogP contribution in [-0.4, -0.2) is 40.8 Å². The molecule has 2 aliphatic heterocycles. The van der Waals surface area contributed by atoms with Crippen molar-refractivity contribution in [1.82, 2.24) is 4.90 Å². The van der Waals surface area contributed by atoms with Crippen molar-refractivity contribution in [2.24, 2.45) is 0 Å². The minimum Gasteiger partial charge on any atom is -0.487 e. The summed E-state index contributed by atoms with van der Waals surface area (Å²) in [4.78, 5) is 2.34. The highest BCUT2D eigenvalue weighted by Gasteiger charge is 2.42. The fourth-order valence-electron chi connectivity index (χ4n) is 3.35. The van der Waals surface area contributed by atoms with Crippen molar-refractivity contribution in [3.63, 3.8) is 0 Å². The first kappa shape index (κ1) is 14.4. The first-order chi connectivity index (χ1) is 9.35. The second-order valence-corrected chi connectivity index (χ2v) is 7.72. The topological polar surface area (TPSA) is 32.7 Å². The second-order valence-electron chi connectivity index (χ2n) is 6.80. The van der Waals surface area contributed by atoms with Crippen LogP contribution in [0.5, 0.6) is 5.75 Å². The van der Waals surface area contributed by atoms with E-state index in [1.165, 1.54) is 5.56 Å². The smallest absolute Gasteiger partial charge is 0.123 e. The van der Waals surface area contributed by atoms with Gasteiger partial charge in [-0.25, -0.2) is 0 Å². The maximum absolute atomic E-state index is 9.92. The zero-order valence-corrected chi connectivity index (χ0v) is 13.7. The van der Waals surface area contributed by atoms with Crippen molar-refractivity contribution in [3.8, 4) is 5.75 Å². The Morgan fingerprint density at radius 3 is 2.70 bits per heavy atom. The highest BCUT2D eigenvalue weighted by atomic mass is 79.9. The number of likely N-dealkylation sites (tertiary alicyclic amines) is 1. The lowest BCUT2D eigenvalue weighted by Gasteiger charge is -2.40. The molecule has 2 heterocycles. The van der Waals surface area contributed by atoms with Crippen LogP contribution in [0.4, 0.5) is 0 Å². The van der Waals surface area contributed by atoms with Gasteiger partial charge in [-0.15, -0.1) is 0 Å². The average molecular weight is 340 g/mol. The van der Waals surface area contributed by atoms with E-state index in [1.54, 1.807) is 0 Å². The highest BCUT2D eigenvalue weighted by Crippen LogP contribution is 2.42. The number of aliphatic hydroxyl groups is 1. The minimum absolute atomic E-state index is 0.0147. The van der Waals surface area contributed by atoms with E-state index in [-0.39, 0.29) is 5.60 Å². The van der Waals surface area contributed by atoms with Gasteiger partial charge in [-0.2, -0.15) is 0 Å². The number of rotatable bonds is 2. The van der Waals surface area contributed by atoms with Gasteiger partial charge in [-0.05, 0) is 37.6 Å². The van der Waals surface area contributed by atoms with Crippen molar-refractivity contribution in [2.75, 3.05) is 19.6 Å². The third-order valence-corrected chi connectivity index (χ3v) is 4.73. The molecule has 1 fully saturated rings. The summed E-state index contributed by atoms with van der Waals surface area (Å²) in [5.41, 5.74) is 0.684. The van der Waals surface area contributed by atoms with Gasteiger partial charge in [0.1, 0.15) is 11.4 Å². The molecule has 0 aromatic heterocycles. The summed E-state index contributed by atoms with van der Waals surface area (Å²) in [5, 5.41) is 9.92. The summed E-state index contributed by atoms with van der Waals surface area (Å²) >= 11 is 3.53. The van der Waals surface area contributed by atoms with Crippen LogP contribution in [0.3, 0.4) is 0 Å². The molecule has 0 amide bonds. The van der Waals surface area contributed by atoms with Crippen molar-refractivity contribution in [1.29, 1.82) is 0 Å². The largest absolute Gasteiger partial charge is 0.487 e. The number of nitrogens with zero attached hydrogens (tertiary/aromatic N) is 1. The number of ether oxygens (including phenoxy) is 1. The van der Waals surface area contributed by atoms with E-state index in [4.69, 9.17) is 4.74 Å². The van der Waals surface area contributed by atoms with Gasteiger partial charge < -0.3 is 14.7 Å². The normalized spacial score (nSPS) is 21.8. The Labute approximate surface area is 129 Å². The molecule has 4 heteroatoms. The Morgan fingerprint density at radius 2 is 2.05 bits per heavy atom. The Balaban J connectivity index is 1.65. The van der Waals surface area contributed by atoms with Crippen LogP contribution in [0.2, 0.25) is 0 Å². The van der Waals surface area contributed by atoms with E-state index in [9.17, 15) is 5.11 Å². The van der Waals surface area contributed by atoms with Crippen LogP contribution in [0.1, 0.15) is 32.3 Å². The summed E-state index contributed by atoms with van der Waals surface area (Å²) in [5.74, 6) is 1.05. The van der Waals surface area contributed by atoms with Gasteiger partial charge in [-0.1, -0.05) is 15.9 Å². The molecule has 3 nitrogen and oxygen atoms in total. The Kier molecular flexibility index (Phi) is 3.59. The average Bonchev–Trinajstić information content (AvgIpc) is 2.68. The van der Waals surface area contributed by atoms with Gasteiger partial charge in [0.05, 0.1) is 5.60 Å². The molecule has 1 aromatic rings. The van der Waals surface area contributed by atoms with E-state index in [1.807, 2.05) is 19.9 Å². The van der Waals surface area contributed by atoms with E-state index in [0.29, 0.717) is 0 Å². The lowest BCUT2D eigenvalue weighted by Crippen LogP contribution is -2.50. The zero-order chi connectivity index (χ0) is 14.4. The third-order valence-electron chi connectivity index (χ3n) is 4.24. The Bertz CT molecular complexity index is 502. The summed E-state index contributed by atoms with van der Waals surface area (Å²) in [7, 11) is 0. The van der Waals surface area contributed by atoms with E-state index >= 15 is 0 Å². The molecule has 110 valence electrons. The molecule has 0 unspecified atom stereocenters. The SMILES string of the molecule is CC(C)(O)CN1CCC2(CC1)Cc1cc(Br)ccc1O2. The van der Waals surface area contributed by atoms with Gasteiger partial charge in [-0.3, -0.25) is 0 Å². The molecule has 1 aromatic carbocycles. The lowest BCUT2D eigenvalue weighted by atomic mass is 9.86. The third kappa shape index (κ3) is 3.02. The second kappa shape index (κ2) is 5.00. The fraction of sp³-hybridized carbons (Fsp3) is 0.625. The summed E-state index contributed by atoms with van der Waals surface area (Å²) in [6, 6.07) is 6.28. The maximum atomic E-state index is 9.92. The van der Waals surface area contributed by atoms with Crippen molar-refractivity contribution in [2.45, 2.75) is 44.3 Å². The molecule has 3 rings (SSSR count). The van der Waals surface area contributed by atoms with Crippen LogP contribution < -0.4 is 4.74 Å². The summed E-state index contributed by atoms with van der Waals surface area (Å²) in [6.45, 7) is 6.48. The number of piperidine rings is 1. The van der Waals surface area contributed by atoms with Gasteiger partial charge in [0.25, 0.3) is 0 Å². The molecule has 1 spiro atoms.